The van der Waals surface area contributed by atoms with Gasteiger partial charge in [0, 0.05) is 19.5 Å². The minimum absolute atomic E-state index is 0.0411. The van der Waals surface area contributed by atoms with Gasteiger partial charge in [-0.25, -0.2) is 0 Å². The van der Waals surface area contributed by atoms with E-state index in [0.717, 1.165) is 44.0 Å². The molecule has 0 aromatic heterocycles. The molecule has 1 N–H and O–H groups in total. The molecule has 2 heterocycles. The molecule has 0 aliphatic carbocycles. The van der Waals surface area contributed by atoms with Crippen LogP contribution >= 0.6 is 0 Å². The van der Waals surface area contributed by atoms with E-state index < -0.39 is 0 Å². The topological polar surface area (TPSA) is 61.9 Å². The maximum absolute atomic E-state index is 12.3. The second-order valence-electron chi connectivity index (χ2n) is 7.87. The molecule has 27 heavy (non-hydrogen) atoms. The van der Waals surface area contributed by atoms with Crippen molar-refractivity contribution >= 4 is 11.8 Å². The maximum Gasteiger partial charge on any atom is 0.234 e. The molecule has 2 amide bonds. The number of piperidine rings is 1. The third-order valence-electron chi connectivity index (χ3n) is 5.65. The fourth-order valence-corrected chi connectivity index (χ4v) is 3.84. The van der Waals surface area contributed by atoms with Gasteiger partial charge in [-0.3, -0.25) is 14.5 Å². The number of carbonyl (C=O) groups is 2. The first kappa shape index (κ1) is 19.7. The summed E-state index contributed by atoms with van der Waals surface area (Å²) in [6, 6.07) is 7.86. The standard InChI is InChI=1S/C21H31N3O3/c1-16-7-10-23(11-8-16)15-20(25)22-18-13-21(26)24(14-18)12-9-17-3-5-19(27-2)6-4-17/h3-6,16,18H,7-15H2,1-2H3,(H,22,25). The number of rotatable bonds is 7. The van der Waals surface area contributed by atoms with E-state index in [9.17, 15) is 9.59 Å². The molecule has 6 heteroatoms. The van der Waals surface area contributed by atoms with Gasteiger partial charge >= 0.3 is 0 Å². The minimum Gasteiger partial charge on any atom is -0.497 e. The zero-order chi connectivity index (χ0) is 19.2. The molecule has 2 aliphatic rings. The molecule has 2 fully saturated rings. The Morgan fingerprint density at radius 1 is 1.22 bits per heavy atom. The van der Waals surface area contributed by atoms with Crippen LogP contribution in [-0.4, -0.2) is 67.5 Å². The van der Waals surface area contributed by atoms with Gasteiger partial charge in [-0.05, 0) is 56.0 Å². The number of ether oxygens (including phenoxy) is 1. The smallest absolute Gasteiger partial charge is 0.234 e. The maximum atomic E-state index is 12.3. The van der Waals surface area contributed by atoms with Gasteiger partial charge in [0.05, 0.1) is 19.7 Å². The number of amides is 2. The van der Waals surface area contributed by atoms with Crippen LogP contribution in [0.1, 0.15) is 31.7 Å². The first-order valence-electron chi connectivity index (χ1n) is 9.96. The molecule has 148 valence electrons. The van der Waals surface area contributed by atoms with E-state index in [0.29, 0.717) is 26.1 Å². The van der Waals surface area contributed by atoms with Crippen LogP contribution in [0, 0.1) is 5.92 Å². The SMILES string of the molecule is COc1ccc(CCN2CC(NC(=O)CN3CCC(C)CC3)CC2=O)cc1. The van der Waals surface area contributed by atoms with Gasteiger partial charge in [-0.2, -0.15) is 0 Å². The van der Waals surface area contributed by atoms with Crippen molar-refractivity contribution in [3.63, 3.8) is 0 Å². The molecule has 0 saturated carbocycles. The van der Waals surface area contributed by atoms with Crippen molar-refractivity contribution in [3.05, 3.63) is 29.8 Å². The number of nitrogens with one attached hydrogen (secondary N) is 1. The van der Waals surface area contributed by atoms with Gasteiger partial charge in [0.1, 0.15) is 5.75 Å². The molecule has 0 bridgehead atoms. The molecule has 1 atom stereocenters. The van der Waals surface area contributed by atoms with E-state index in [1.807, 2.05) is 29.2 Å². The molecule has 1 aromatic rings. The van der Waals surface area contributed by atoms with Crippen LogP contribution in [0.2, 0.25) is 0 Å². The van der Waals surface area contributed by atoms with Crippen LogP contribution in [0.4, 0.5) is 0 Å². The third-order valence-corrected chi connectivity index (χ3v) is 5.65. The lowest BCUT2D eigenvalue weighted by molar-refractivity contribution is -0.127. The highest BCUT2D eigenvalue weighted by atomic mass is 16.5. The fraction of sp³-hybridized carbons (Fsp3) is 0.619. The van der Waals surface area contributed by atoms with Crippen LogP contribution in [-0.2, 0) is 16.0 Å². The van der Waals surface area contributed by atoms with Gasteiger partial charge < -0.3 is 15.0 Å². The number of hydrogen-bond acceptors (Lipinski definition) is 4. The number of carbonyl (C=O) groups excluding carboxylic acids is 2. The summed E-state index contributed by atoms with van der Waals surface area (Å²) in [6.07, 6.45) is 3.54. The largest absolute Gasteiger partial charge is 0.497 e. The summed E-state index contributed by atoms with van der Waals surface area (Å²) >= 11 is 0. The predicted octanol–water partition coefficient (Wildman–Crippen LogP) is 1.69. The highest BCUT2D eigenvalue weighted by Gasteiger charge is 2.30. The van der Waals surface area contributed by atoms with Crippen LogP contribution in [0.3, 0.4) is 0 Å². The molecular formula is C21H31N3O3. The number of likely N-dealkylation sites (tertiary alicyclic amines) is 2. The molecule has 1 aromatic carbocycles. The Morgan fingerprint density at radius 2 is 1.93 bits per heavy atom. The number of hydrogen-bond donors (Lipinski definition) is 1. The Balaban J connectivity index is 1.40. The van der Waals surface area contributed by atoms with E-state index in [1.54, 1.807) is 7.11 Å². The van der Waals surface area contributed by atoms with Gasteiger partial charge in [0.2, 0.25) is 11.8 Å². The predicted molar refractivity (Wildman–Crippen MR) is 105 cm³/mol. The monoisotopic (exact) mass is 373 g/mol. The van der Waals surface area contributed by atoms with Crippen LogP contribution in [0.5, 0.6) is 5.75 Å². The summed E-state index contributed by atoms with van der Waals surface area (Å²) in [7, 11) is 1.65. The van der Waals surface area contributed by atoms with Crippen molar-refractivity contribution in [2.45, 2.75) is 38.6 Å². The lowest BCUT2D eigenvalue weighted by Crippen LogP contribution is -2.45. The highest BCUT2D eigenvalue weighted by Crippen LogP contribution is 2.17. The Kier molecular flexibility index (Phi) is 6.72. The molecule has 0 spiro atoms. The Bertz CT molecular complexity index is 639. The summed E-state index contributed by atoms with van der Waals surface area (Å²) in [5.74, 6) is 1.76. The van der Waals surface area contributed by atoms with Crippen molar-refractivity contribution in [2.24, 2.45) is 5.92 Å². The summed E-state index contributed by atoms with van der Waals surface area (Å²) < 4.78 is 5.17. The fourth-order valence-electron chi connectivity index (χ4n) is 3.84. The van der Waals surface area contributed by atoms with Crippen LogP contribution < -0.4 is 10.1 Å². The average Bonchev–Trinajstić information content (AvgIpc) is 3.01. The Hall–Kier alpha value is -2.08. The molecule has 6 nitrogen and oxygen atoms in total. The molecule has 2 aliphatic heterocycles. The highest BCUT2D eigenvalue weighted by molar-refractivity contribution is 5.83. The van der Waals surface area contributed by atoms with E-state index in [1.165, 1.54) is 5.56 Å². The lowest BCUT2D eigenvalue weighted by atomic mass is 9.99. The third kappa shape index (κ3) is 5.70. The average molecular weight is 373 g/mol. The van der Waals surface area contributed by atoms with Gasteiger partial charge in [0.15, 0.2) is 0 Å². The minimum atomic E-state index is -0.0652. The first-order valence-corrected chi connectivity index (χ1v) is 9.96. The number of nitrogens with zero attached hydrogens (tertiary/aromatic N) is 2. The second-order valence-corrected chi connectivity index (χ2v) is 7.87. The molecule has 1 unspecified atom stereocenters. The van der Waals surface area contributed by atoms with Gasteiger partial charge in [-0.15, -0.1) is 0 Å². The van der Waals surface area contributed by atoms with E-state index in [4.69, 9.17) is 4.74 Å². The Morgan fingerprint density at radius 3 is 2.59 bits per heavy atom. The molecular weight excluding hydrogens is 342 g/mol. The second kappa shape index (κ2) is 9.22. The zero-order valence-corrected chi connectivity index (χ0v) is 16.4. The quantitative estimate of drug-likeness (QED) is 0.790. The summed E-state index contributed by atoms with van der Waals surface area (Å²) in [6.45, 7) is 5.99. The van der Waals surface area contributed by atoms with E-state index in [2.05, 4.69) is 17.1 Å². The molecule has 0 radical (unpaired) electrons. The normalized spacial score (nSPS) is 21.5. The summed E-state index contributed by atoms with van der Waals surface area (Å²) in [5.41, 5.74) is 1.18. The van der Waals surface area contributed by atoms with Gasteiger partial charge in [-0.1, -0.05) is 19.1 Å². The van der Waals surface area contributed by atoms with Crippen molar-refractivity contribution in [1.82, 2.24) is 15.1 Å². The van der Waals surface area contributed by atoms with Crippen molar-refractivity contribution in [1.29, 1.82) is 0 Å². The number of benzene rings is 1. The van der Waals surface area contributed by atoms with Crippen molar-refractivity contribution in [3.8, 4) is 5.75 Å². The summed E-state index contributed by atoms with van der Waals surface area (Å²) in [4.78, 5) is 28.6. The van der Waals surface area contributed by atoms with Crippen LogP contribution in [0.15, 0.2) is 24.3 Å². The van der Waals surface area contributed by atoms with E-state index >= 15 is 0 Å². The van der Waals surface area contributed by atoms with E-state index in [-0.39, 0.29) is 17.9 Å². The Labute approximate surface area is 161 Å². The van der Waals surface area contributed by atoms with Gasteiger partial charge in [0.25, 0.3) is 0 Å². The van der Waals surface area contributed by atoms with Crippen molar-refractivity contribution < 1.29 is 14.3 Å². The molecule has 2 saturated heterocycles. The van der Waals surface area contributed by atoms with Crippen molar-refractivity contribution in [2.75, 3.05) is 39.8 Å². The summed E-state index contributed by atoms with van der Waals surface area (Å²) in [5, 5.41) is 3.05. The lowest BCUT2D eigenvalue weighted by Gasteiger charge is -2.29. The number of methoxy groups -OCH3 is 1. The molecule has 3 rings (SSSR count). The van der Waals surface area contributed by atoms with Crippen LogP contribution in [0.25, 0.3) is 0 Å². The zero-order valence-electron chi connectivity index (χ0n) is 16.4. The first-order chi connectivity index (χ1) is 13.0.